The molecule has 5 nitrogen and oxygen atoms in total. The van der Waals surface area contributed by atoms with Gasteiger partial charge in [-0.05, 0) is 31.6 Å². The molecule has 0 amide bonds. The molecule has 0 aromatic rings. The molecule has 1 rings (SSSR count). The van der Waals surface area contributed by atoms with Crippen molar-refractivity contribution in [2.75, 3.05) is 5.75 Å². The lowest BCUT2D eigenvalue weighted by molar-refractivity contribution is -0.129. The number of oxime groups is 1. The highest BCUT2D eigenvalue weighted by Gasteiger charge is 2.30. The number of rotatable bonds is 4. The van der Waals surface area contributed by atoms with Gasteiger partial charge < -0.3 is 5.21 Å². The van der Waals surface area contributed by atoms with Crippen LogP contribution in [0.2, 0.25) is 0 Å². The van der Waals surface area contributed by atoms with Crippen LogP contribution in [0.4, 0.5) is 13.2 Å². The smallest absolute Gasteiger partial charge is 0.389 e. The fourth-order valence-corrected chi connectivity index (χ4v) is 3.18. The first-order valence-corrected chi connectivity index (χ1v) is 6.95. The molecule has 1 N–H and O–H groups in total. The Kier molecular flexibility index (Phi) is 8.96. The van der Waals surface area contributed by atoms with Crippen LogP contribution >= 0.6 is 11.8 Å². The van der Waals surface area contributed by atoms with Crippen molar-refractivity contribution >= 4 is 17.5 Å². The molecule has 1 atom stereocenters. The summed E-state index contributed by atoms with van der Waals surface area (Å²) in [5.41, 5.74) is 0.711. The standard InChI is InChI=1S/C11H15F3N2OS.O2/c12-11(13,14)5-6-18-10(7-15)8-1-3-9(16-17)4-2-8;1-2/h8,10,17H,1-6H2;. The molecule has 1 unspecified atom stereocenters. The van der Waals surface area contributed by atoms with Gasteiger partial charge in [-0.3, -0.25) is 0 Å². The highest BCUT2D eigenvalue weighted by Crippen LogP contribution is 2.33. The third-order valence-electron chi connectivity index (χ3n) is 2.99. The van der Waals surface area contributed by atoms with E-state index in [0.717, 1.165) is 11.8 Å². The van der Waals surface area contributed by atoms with Crippen LogP contribution in [0.3, 0.4) is 0 Å². The van der Waals surface area contributed by atoms with Gasteiger partial charge in [0.15, 0.2) is 0 Å². The Morgan fingerprint density at radius 1 is 1.40 bits per heavy atom. The highest BCUT2D eigenvalue weighted by atomic mass is 32.2. The first-order chi connectivity index (χ1) is 9.46. The first kappa shape index (κ1) is 18.7. The number of halogens is 3. The van der Waals surface area contributed by atoms with Crippen molar-refractivity contribution in [3.63, 3.8) is 0 Å². The van der Waals surface area contributed by atoms with Gasteiger partial charge in [0.1, 0.15) is 0 Å². The maximum Gasteiger partial charge on any atom is 0.389 e. The number of nitrogens with zero attached hydrogens (tertiary/aromatic N) is 2. The van der Waals surface area contributed by atoms with Crippen molar-refractivity contribution in [1.29, 1.82) is 5.26 Å². The van der Waals surface area contributed by atoms with Crippen molar-refractivity contribution in [3.8, 4) is 6.07 Å². The lowest BCUT2D eigenvalue weighted by Crippen LogP contribution is -2.23. The Hall–Kier alpha value is -1.30. The Bertz CT molecular complexity index is 348. The molecule has 114 valence electrons. The third-order valence-corrected chi connectivity index (χ3v) is 4.28. The summed E-state index contributed by atoms with van der Waals surface area (Å²) < 4.78 is 36.0. The second-order valence-electron chi connectivity index (χ2n) is 4.29. The molecule has 0 heterocycles. The van der Waals surface area contributed by atoms with E-state index in [1.807, 2.05) is 0 Å². The van der Waals surface area contributed by atoms with Gasteiger partial charge in [-0.25, -0.2) is 0 Å². The van der Waals surface area contributed by atoms with Gasteiger partial charge in [-0.15, -0.1) is 11.8 Å². The average Bonchev–Trinajstić information content (AvgIpc) is 2.45. The van der Waals surface area contributed by atoms with Crippen molar-refractivity contribution in [2.45, 2.75) is 43.5 Å². The molecule has 9 heteroatoms. The second kappa shape index (κ2) is 9.58. The van der Waals surface area contributed by atoms with Crippen molar-refractivity contribution in [3.05, 3.63) is 9.93 Å². The fourth-order valence-electron chi connectivity index (χ4n) is 1.96. The maximum atomic E-state index is 12.0. The summed E-state index contributed by atoms with van der Waals surface area (Å²) in [7, 11) is 0. The van der Waals surface area contributed by atoms with E-state index in [4.69, 9.17) is 20.4 Å². The maximum absolute atomic E-state index is 12.0. The summed E-state index contributed by atoms with van der Waals surface area (Å²) in [6, 6.07) is 2.08. The van der Waals surface area contributed by atoms with E-state index in [9.17, 15) is 13.2 Å². The van der Waals surface area contributed by atoms with Gasteiger partial charge in [-0.2, -0.15) is 18.4 Å². The van der Waals surface area contributed by atoms with E-state index >= 15 is 0 Å². The van der Waals surface area contributed by atoms with Crippen LogP contribution in [0.1, 0.15) is 32.1 Å². The summed E-state index contributed by atoms with van der Waals surface area (Å²) in [6.07, 6.45) is -2.35. The minimum Gasteiger partial charge on any atom is -0.411 e. The fraction of sp³-hybridized carbons (Fsp3) is 0.818. The quantitative estimate of drug-likeness (QED) is 0.632. The molecule has 0 bridgehead atoms. The van der Waals surface area contributed by atoms with E-state index in [1.165, 1.54) is 0 Å². The molecular formula is C11H15F3N2O3S. The van der Waals surface area contributed by atoms with E-state index < -0.39 is 17.8 Å². The van der Waals surface area contributed by atoms with Crippen LogP contribution in [-0.2, 0) is 0 Å². The van der Waals surface area contributed by atoms with Crippen molar-refractivity contribution in [2.24, 2.45) is 11.1 Å². The van der Waals surface area contributed by atoms with Crippen molar-refractivity contribution in [1.82, 2.24) is 0 Å². The number of alkyl halides is 3. The molecule has 20 heavy (non-hydrogen) atoms. The summed E-state index contributed by atoms with van der Waals surface area (Å²) in [4.78, 5) is 14.0. The second-order valence-corrected chi connectivity index (χ2v) is 5.54. The van der Waals surface area contributed by atoms with E-state index in [1.54, 1.807) is 0 Å². The number of hydrogen-bond donors (Lipinski definition) is 1. The summed E-state index contributed by atoms with van der Waals surface area (Å²) >= 11 is 1.08. The predicted molar refractivity (Wildman–Crippen MR) is 70.4 cm³/mol. The molecule has 0 spiro atoms. The Morgan fingerprint density at radius 3 is 2.35 bits per heavy atom. The van der Waals surface area contributed by atoms with Gasteiger partial charge in [0.05, 0.1) is 23.5 Å². The van der Waals surface area contributed by atoms with Crippen LogP contribution in [-0.4, -0.2) is 28.1 Å². The normalized spacial score (nSPS) is 20.3. The van der Waals surface area contributed by atoms with Crippen LogP contribution < -0.4 is 0 Å². The molecule has 1 aliphatic rings. The van der Waals surface area contributed by atoms with Gasteiger partial charge in [0, 0.05) is 15.7 Å². The topological polar surface area (TPSA) is 90.5 Å². The summed E-state index contributed by atoms with van der Waals surface area (Å²) in [6.45, 7) is 0. The number of nitriles is 1. The Balaban J connectivity index is 0.00000172. The van der Waals surface area contributed by atoms with Gasteiger partial charge in [0.25, 0.3) is 0 Å². The SMILES string of the molecule is N#CC(SCCC(F)(F)F)C1CCC(=NO)CC1.O=O. The van der Waals surface area contributed by atoms with Crippen LogP contribution in [0, 0.1) is 27.2 Å². The van der Waals surface area contributed by atoms with E-state index in [-0.39, 0.29) is 11.7 Å². The monoisotopic (exact) mass is 312 g/mol. The summed E-state index contributed by atoms with van der Waals surface area (Å²) in [5, 5.41) is 20.3. The molecular weight excluding hydrogens is 297 g/mol. The van der Waals surface area contributed by atoms with Crippen LogP contribution in [0.5, 0.6) is 0 Å². The molecule has 0 aromatic carbocycles. The molecule has 1 saturated carbocycles. The van der Waals surface area contributed by atoms with Gasteiger partial charge in [0.2, 0.25) is 0 Å². The van der Waals surface area contributed by atoms with Crippen LogP contribution in [0.25, 0.3) is 0 Å². The molecule has 1 aliphatic carbocycles. The molecule has 0 aromatic heterocycles. The lowest BCUT2D eigenvalue weighted by atomic mass is 9.86. The number of thioether (sulfide) groups is 1. The van der Waals surface area contributed by atoms with Crippen LogP contribution in [0.15, 0.2) is 5.16 Å². The largest absolute Gasteiger partial charge is 0.411 e. The minimum absolute atomic E-state index is 0.0703. The van der Waals surface area contributed by atoms with Crippen molar-refractivity contribution < 1.29 is 18.4 Å². The zero-order chi connectivity index (χ0) is 15.6. The lowest BCUT2D eigenvalue weighted by Gasteiger charge is -2.25. The zero-order valence-corrected chi connectivity index (χ0v) is 11.4. The van der Waals surface area contributed by atoms with E-state index in [2.05, 4.69) is 11.2 Å². The predicted octanol–water partition coefficient (Wildman–Crippen LogP) is 3.65. The first-order valence-electron chi connectivity index (χ1n) is 5.90. The third kappa shape index (κ3) is 7.33. The van der Waals surface area contributed by atoms with Gasteiger partial charge in [-0.1, -0.05) is 5.16 Å². The highest BCUT2D eigenvalue weighted by molar-refractivity contribution is 8.00. The zero-order valence-electron chi connectivity index (χ0n) is 10.6. The van der Waals surface area contributed by atoms with E-state index in [0.29, 0.717) is 31.4 Å². The molecule has 0 radical (unpaired) electrons. The average molecular weight is 312 g/mol. The Labute approximate surface area is 118 Å². The molecule has 0 aliphatic heterocycles. The van der Waals surface area contributed by atoms with Gasteiger partial charge >= 0.3 is 6.18 Å². The minimum atomic E-state index is -4.16. The Morgan fingerprint density at radius 2 is 1.95 bits per heavy atom. The molecule has 1 fully saturated rings. The number of hydrogen-bond acceptors (Lipinski definition) is 6. The molecule has 0 saturated heterocycles. The summed E-state index contributed by atoms with van der Waals surface area (Å²) in [5.74, 6) is 0.0258.